The molecule has 7 aromatic rings. The smallest absolute Gasteiger partial charge is 0.161 e. The first kappa shape index (κ1) is 22.7. The molecule has 0 N–H and O–H groups in total. The number of nitrogens with zero attached hydrogens (tertiary/aromatic N) is 4. The summed E-state index contributed by atoms with van der Waals surface area (Å²) in [5.74, 6) is 1.58. The first-order valence-corrected chi connectivity index (χ1v) is 13.2. The lowest BCUT2D eigenvalue weighted by Gasteiger charge is -2.22. The van der Waals surface area contributed by atoms with Crippen LogP contribution in [-0.4, -0.2) is 19.5 Å². The lowest BCUT2D eigenvalue weighted by atomic mass is 9.92. The molecule has 0 saturated heterocycles. The number of benzene rings is 4. The van der Waals surface area contributed by atoms with Gasteiger partial charge in [-0.05, 0) is 47.2 Å². The molecule has 38 heavy (non-hydrogen) atoms. The van der Waals surface area contributed by atoms with Gasteiger partial charge in [0.15, 0.2) is 5.58 Å². The number of para-hydroxylation sites is 4. The van der Waals surface area contributed by atoms with Crippen molar-refractivity contribution in [1.29, 1.82) is 0 Å². The second kappa shape index (κ2) is 8.52. The largest absolute Gasteiger partial charge is 0.453 e. The third kappa shape index (κ3) is 3.28. The van der Waals surface area contributed by atoms with Gasteiger partial charge >= 0.3 is 0 Å². The highest BCUT2D eigenvalue weighted by Gasteiger charge is 2.24. The zero-order valence-electron chi connectivity index (χ0n) is 21.9. The Bertz CT molecular complexity index is 1970. The summed E-state index contributed by atoms with van der Waals surface area (Å²) in [6.07, 6.45) is 3.40. The van der Waals surface area contributed by atoms with Crippen LogP contribution in [0.4, 0.5) is 0 Å². The van der Waals surface area contributed by atoms with Crippen molar-refractivity contribution in [2.45, 2.75) is 39.5 Å². The van der Waals surface area contributed by atoms with Gasteiger partial charge in [0, 0.05) is 22.4 Å². The van der Waals surface area contributed by atoms with Crippen LogP contribution in [0.2, 0.25) is 0 Å². The molecule has 0 aliphatic rings. The van der Waals surface area contributed by atoms with E-state index in [1.54, 1.807) is 6.33 Å². The van der Waals surface area contributed by atoms with Crippen LogP contribution in [0.1, 0.15) is 50.7 Å². The van der Waals surface area contributed by atoms with Crippen molar-refractivity contribution < 1.29 is 4.42 Å². The summed E-state index contributed by atoms with van der Waals surface area (Å²) < 4.78 is 9.00. The first-order chi connectivity index (χ1) is 18.5. The summed E-state index contributed by atoms with van der Waals surface area (Å²) in [5, 5.41) is 3.05. The Morgan fingerprint density at radius 2 is 1.47 bits per heavy atom. The Morgan fingerprint density at radius 3 is 2.26 bits per heavy atom. The molecular formula is C33H28N4O. The van der Waals surface area contributed by atoms with Gasteiger partial charge in [0.25, 0.3) is 0 Å². The molecule has 0 atom stereocenters. The van der Waals surface area contributed by atoms with E-state index in [9.17, 15) is 0 Å². The van der Waals surface area contributed by atoms with Gasteiger partial charge in [0.1, 0.15) is 23.3 Å². The molecule has 0 radical (unpaired) electrons. The molecule has 186 valence electrons. The lowest BCUT2D eigenvalue weighted by molar-refractivity contribution is 0.672. The maximum absolute atomic E-state index is 6.65. The van der Waals surface area contributed by atoms with Crippen LogP contribution in [-0.2, 0) is 0 Å². The highest BCUT2D eigenvalue weighted by molar-refractivity contribution is 6.16. The minimum Gasteiger partial charge on any atom is -0.453 e. The van der Waals surface area contributed by atoms with Gasteiger partial charge < -0.3 is 4.42 Å². The highest BCUT2D eigenvalue weighted by Crippen LogP contribution is 2.41. The average molecular weight is 497 g/mol. The van der Waals surface area contributed by atoms with Crippen LogP contribution in [0.25, 0.3) is 61.0 Å². The molecular weight excluding hydrogens is 468 g/mol. The molecule has 5 heteroatoms. The molecule has 0 fully saturated rings. The molecule has 0 aliphatic heterocycles. The normalized spacial score (nSPS) is 12.2. The fourth-order valence-electron chi connectivity index (χ4n) is 5.68. The molecule has 7 rings (SSSR count). The van der Waals surface area contributed by atoms with Crippen LogP contribution in [0.3, 0.4) is 0 Å². The number of fused-ring (bicyclic) bond motifs is 6. The highest BCUT2D eigenvalue weighted by atomic mass is 16.3. The van der Waals surface area contributed by atoms with Gasteiger partial charge in [0.2, 0.25) is 0 Å². The molecule has 5 nitrogen and oxygen atoms in total. The van der Waals surface area contributed by atoms with Crippen molar-refractivity contribution in [3.63, 3.8) is 0 Å². The monoisotopic (exact) mass is 496 g/mol. The molecule has 0 saturated carbocycles. The average Bonchev–Trinajstić information content (AvgIpc) is 3.51. The van der Waals surface area contributed by atoms with Gasteiger partial charge in [-0.15, -0.1) is 0 Å². The van der Waals surface area contributed by atoms with Crippen LogP contribution < -0.4 is 0 Å². The summed E-state index contributed by atoms with van der Waals surface area (Å²) in [4.78, 5) is 14.0. The summed E-state index contributed by atoms with van der Waals surface area (Å²) >= 11 is 0. The van der Waals surface area contributed by atoms with Crippen molar-refractivity contribution >= 4 is 43.9 Å². The summed E-state index contributed by atoms with van der Waals surface area (Å²) in [5.41, 5.74) is 9.25. The standard InChI is InChI=1S/C33H28N4O/c1-19(2)22-9-7-10-23(20(3)4)30(22)37-28-14-6-5-13-27(28)36-33(37)26-12-8-11-24-25-16-15-21-17-34-18-35-29(21)32(25)38-31(24)26/h5-20H,1-4H3. The van der Waals surface area contributed by atoms with Crippen molar-refractivity contribution in [2.75, 3.05) is 0 Å². The number of hydrogen-bond donors (Lipinski definition) is 0. The van der Waals surface area contributed by atoms with E-state index < -0.39 is 0 Å². The van der Waals surface area contributed by atoms with E-state index in [0.29, 0.717) is 11.8 Å². The van der Waals surface area contributed by atoms with Crippen molar-refractivity contribution in [1.82, 2.24) is 19.5 Å². The Hall–Kier alpha value is -4.51. The van der Waals surface area contributed by atoms with Crippen LogP contribution >= 0.6 is 0 Å². The number of furan rings is 1. The zero-order chi connectivity index (χ0) is 26.0. The Labute approximate surface area is 220 Å². The SMILES string of the molecule is CC(C)c1cccc(C(C)C)c1-n1c(-c2cccc3c2oc2c3ccc3cncnc32)nc2ccccc21. The molecule has 0 aliphatic carbocycles. The first-order valence-electron chi connectivity index (χ1n) is 13.2. The second-order valence-electron chi connectivity index (χ2n) is 10.5. The fraction of sp³-hybridized carbons (Fsp3) is 0.182. The third-order valence-corrected chi connectivity index (χ3v) is 7.51. The predicted molar refractivity (Wildman–Crippen MR) is 155 cm³/mol. The van der Waals surface area contributed by atoms with Crippen LogP contribution in [0.15, 0.2) is 89.7 Å². The summed E-state index contributed by atoms with van der Waals surface area (Å²) in [6.45, 7) is 9.03. The number of rotatable bonds is 4. The predicted octanol–water partition coefficient (Wildman–Crippen LogP) is 8.78. The number of hydrogen-bond acceptors (Lipinski definition) is 4. The molecule has 0 unspecified atom stereocenters. The topological polar surface area (TPSA) is 56.7 Å². The third-order valence-electron chi connectivity index (χ3n) is 7.51. The fourth-order valence-corrected chi connectivity index (χ4v) is 5.68. The zero-order valence-corrected chi connectivity index (χ0v) is 21.9. The minimum absolute atomic E-state index is 0.353. The van der Waals surface area contributed by atoms with Gasteiger partial charge in [-0.1, -0.05) is 76.2 Å². The molecule has 4 aromatic carbocycles. The van der Waals surface area contributed by atoms with Gasteiger partial charge in [-0.2, -0.15) is 0 Å². The minimum atomic E-state index is 0.353. The Balaban J connectivity index is 1.62. The second-order valence-corrected chi connectivity index (χ2v) is 10.5. The van der Waals surface area contributed by atoms with E-state index in [4.69, 9.17) is 9.40 Å². The van der Waals surface area contributed by atoms with Gasteiger partial charge in [0.05, 0.1) is 22.3 Å². The van der Waals surface area contributed by atoms with Gasteiger partial charge in [-0.3, -0.25) is 4.57 Å². The van der Waals surface area contributed by atoms with Crippen molar-refractivity contribution in [3.8, 4) is 17.1 Å². The maximum atomic E-state index is 6.65. The summed E-state index contributed by atoms with van der Waals surface area (Å²) in [6, 6.07) is 25.6. The van der Waals surface area contributed by atoms with E-state index in [-0.39, 0.29) is 0 Å². The molecule has 3 heterocycles. The Morgan fingerprint density at radius 1 is 0.737 bits per heavy atom. The van der Waals surface area contributed by atoms with E-state index in [2.05, 4.69) is 115 Å². The molecule has 0 bridgehead atoms. The number of aromatic nitrogens is 4. The number of imidazole rings is 1. The van der Waals surface area contributed by atoms with Gasteiger partial charge in [-0.25, -0.2) is 15.0 Å². The van der Waals surface area contributed by atoms with Crippen molar-refractivity contribution in [3.05, 3.63) is 96.4 Å². The summed E-state index contributed by atoms with van der Waals surface area (Å²) in [7, 11) is 0. The van der Waals surface area contributed by atoms with Crippen LogP contribution in [0.5, 0.6) is 0 Å². The lowest BCUT2D eigenvalue weighted by Crippen LogP contribution is -2.08. The van der Waals surface area contributed by atoms with Crippen molar-refractivity contribution in [2.24, 2.45) is 0 Å². The quantitative estimate of drug-likeness (QED) is 0.244. The van der Waals surface area contributed by atoms with E-state index >= 15 is 0 Å². The molecule has 3 aromatic heterocycles. The Kier molecular flexibility index (Phi) is 5.08. The van der Waals surface area contributed by atoms with E-state index in [1.807, 2.05) is 6.20 Å². The van der Waals surface area contributed by atoms with E-state index in [0.717, 1.165) is 55.3 Å². The molecule has 0 spiro atoms. The van der Waals surface area contributed by atoms with Crippen LogP contribution in [0, 0.1) is 0 Å². The molecule has 0 amide bonds. The maximum Gasteiger partial charge on any atom is 0.161 e. The van der Waals surface area contributed by atoms with E-state index in [1.165, 1.54) is 16.8 Å².